The maximum absolute atomic E-state index is 13.4. The Labute approximate surface area is 132 Å². The number of carbonyl (C=O) groups is 1. The summed E-state index contributed by atoms with van der Waals surface area (Å²) >= 11 is 1.36. The first kappa shape index (κ1) is 15.4. The molecule has 0 spiro atoms. The topological polar surface area (TPSA) is 43.6 Å². The van der Waals surface area contributed by atoms with Crippen LogP contribution in [0, 0.1) is 11.7 Å². The molecule has 0 N–H and O–H groups in total. The fraction of sp³-hybridized carbons (Fsp3) is 0.500. The Hall–Kier alpha value is -1.53. The van der Waals surface area contributed by atoms with E-state index in [1.54, 1.807) is 13.2 Å². The van der Waals surface area contributed by atoms with E-state index in [0.29, 0.717) is 18.0 Å². The van der Waals surface area contributed by atoms with E-state index in [-0.39, 0.29) is 17.6 Å². The number of thiazole rings is 1. The molecule has 2 aromatic rings. The molecule has 0 radical (unpaired) electrons. The van der Waals surface area contributed by atoms with Gasteiger partial charge in [0.1, 0.15) is 5.82 Å². The molecule has 1 aromatic heterocycles. The molecule has 1 heterocycles. The maximum Gasteiger partial charge on any atom is 0.251 e. The SMILES string of the molecule is COCCn1c(=NC(=O)C2CCCC2)sc2cc(F)ccc21. The van der Waals surface area contributed by atoms with Crippen LogP contribution in [0.25, 0.3) is 10.2 Å². The summed E-state index contributed by atoms with van der Waals surface area (Å²) in [6.07, 6.45) is 4.07. The molecule has 4 nitrogen and oxygen atoms in total. The third kappa shape index (κ3) is 3.13. The molecule has 1 amide bonds. The van der Waals surface area contributed by atoms with Gasteiger partial charge < -0.3 is 9.30 Å². The van der Waals surface area contributed by atoms with E-state index in [1.807, 2.05) is 4.57 Å². The van der Waals surface area contributed by atoms with Gasteiger partial charge in [-0.25, -0.2) is 4.39 Å². The second kappa shape index (κ2) is 6.71. The average Bonchev–Trinajstić information content (AvgIpc) is 3.12. The van der Waals surface area contributed by atoms with Gasteiger partial charge in [0, 0.05) is 19.6 Å². The summed E-state index contributed by atoms with van der Waals surface area (Å²) in [4.78, 5) is 17.3. The Morgan fingerprint density at radius 3 is 2.95 bits per heavy atom. The van der Waals surface area contributed by atoms with Gasteiger partial charge in [0.25, 0.3) is 5.91 Å². The summed E-state index contributed by atoms with van der Waals surface area (Å²) in [5, 5.41) is 0. The van der Waals surface area contributed by atoms with E-state index in [9.17, 15) is 9.18 Å². The van der Waals surface area contributed by atoms with Crippen LogP contribution in [0.2, 0.25) is 0 Å². The molecule has 0 bridgehead atoms. The van der Waals surface area contributed by atoms with E-state index >= 15 is 0 Å². The van der Waals surface area contributed by atoms with Crippen molar-refractivity contribution < 1.29 is 13.9 Å². The minimum Gasteiger partial charge on any atom is -0.383 e. The lowest BCUT2D eigenvalue weighted by Gasteiger charge is -2.05. The molecule has 1 aliphatic carbocycles. The van der Waals surface area contributed by atoms with Crippen LogP contribution < -0.4 is 4.80 Å². The lowest BCUT2D eigenvalue weighted by Crippen LogP contribution is -2.21. The van der Waals surface area contributed by atoms with Crippen molar-refractivity contribution in [3.8, 4) is 0 Å². The fourth-order valence-electron chi connectivity index (χ4n) is 2.89. The molecule has 1 aliphatic rings. The second-order valence-corrected chi connectivity index (χ2v) is 6.58. The molecule has 0 atom stereocenters. The first-order chi connectivity index (χ1) is 10.7. The number of hydrogen-bond donors (Lipinski definition) is 0. The lowest BCUT2D eigenvalue weighted by molar-refractivity contribution is -0.121. The summed E-state index contributed by atoms with van der Waals surface area (Å²) in [6.45, 7) is 1.12. The van der Waals surface area contributed by atoms with Crippen molar-refractivity contribution in [2.45, 2.75) is 32.2 Å². The molecule has 3 rings (SSSR count). The van der Waals surface area contributed by atoms with Crippen LogP contribution in [-0.4, -0.2) is 24.2 Å². The van der Waals surface area contributed by atoms with E-state index in [0.717, 1.165) is 35.9 Å². The summed E-state index contributed by atoms with van der Waals surface area (Å²) in [5.41, 5.74) is 0.890. The molecule has 22 heavy (non-hydrogen) atoms. The van der Waals surface area contributed by atoms with Crippen molar-refractivity contribution in [1.29, 1.82) is 0 Å². The van der Waals surface area contributed by atoms with Crippen molar-refractivity contribution in [2.24, 2.45) is 10.9 Å². The summed E-state index contributed by atoms with van der Waals surface area (Å²) in [5.74, 6) is -0.269. The molecule has 0 unspecified atom stereocenters. The maximum atomic E-state index is 13.4. The smallest absolute Gasteiger partial charge is 0.251 e. The van der Waals surface area contributed by atoms with Gasteiger partial charge in [0.2, 0.25) is 0 Å². The molecule has 6 heteroatoms. The zero-order chi connectivity index (χ0) is 15.5. The van der Waals surface area contributed by atoms with Crippen LogP contribution in [0.3, 0.4) is 0 Å². The first-order valence-corrected chi connectivity index (χ1v) is 8.37. The number of hydrogen-bond acceptors (Lipinski definition) is 3. The monoisotopic (exact) mass is 322 g/mol. The summed E-state index contributed by atoms with van der Waals surface area (Å²) in [7, 11) is 1.63. The van der Waals surface area contributed by atoms with Gasteiger partial charge in [0.05, 0.1) is 16.8 Å². The number of nitrogens with zero attached hydrogens (tertiary/aromatic N) is 2. The Bertz CT molecular complexity index is 744. The fourth-order valence-corrected chi connectivity index (χ4v) is 3.98. The van der Waals surface area contributed by atoms with Crippen LogP contribution >= 0.6 is 11.3 Å². The van der Waals surface area contributed by atoms with E-state index in [2.05, 4.69) is 4.99 Å². The van der Waals surface area contributed by atoms with Gasteiger partial charge in [0.15, 0.2) is 4.80 Å². The molecule has 1 saturated carbocycles. The number of rotatable bonds is 4. The average molecular weight is 322 g/mol. The molecular weight excluding hydrogens is 303 g/mol. The number of fused-ring (bicyclic) bond motifs is 1. The number of methoxy groups -OCH3 is 1. The van der Waals surface area contributed by atoms with Crippen LogP contribution in [0.4, 0.5) is 4.39 Å². The summed E-state index contributed by atoms with van der Waals surface area (Å²) < 4.78 is 21.3. The van der Waals surface area contributed by atoms with E-state index in [4.69, 9.17) is 4.74 Å². The number of carbonyl (C=O) groups excluding carboxylic acids is 1. The van der Waals surface area contributed by atoms with Gasteiger partial charge >= 0.3 is 0 Å². The highest BCUT2D eigenvalue weighted by Gasteiger charge is 2.22. The zero-order valence-corrected chi connectivity index (χ0v) is 13.4. The van der Waals surface area contributed by atoms with Crippen LogP contribution in [-0.2, 0) is 16.1 Å². The first-order valence-electron chi connectivity index (χ1n) is 7.55. The number of benzene rings is 1. The van der Waals surface area contributed by atoms with Gasteiger partial charge in [-0.1, -0.05) is 24.2 Å². The van der Waals surface area contributed by atoms with Crippen molar-refractivity contribution in [3.63, 3.8) is 0 Å². The second-order valence-electron chi connectivity index (χ2n) is 5.57. The lowest BCUT2D eigenvalue weighted by atomic mass is 10.1. The Kier molecular flexibility index (Phi) is 4.69. The molecule has 0 aliphatic heterocycles. The van der Waals surface area contributed by atoms with Crippen LogP contribution in [0.5, 0.6) is 0 Å². The largest absolute Gasteiger partial charge is 0.383 e. The molecule has 1 aromatic carbocycles. The minimum atomic E-state index is -0.277. The van der Waals surface area contributed by atoms with Crippen LogP contribution in [0.15, 0.2) is 23.2 Å². The highest BCUT2D eigenvalue weighted by molar-refractivity contribution is 7.16. The Balaban J connectivity index is 2.04. The predicted molar refractivity (Wildman–Crippen MR) is 84.2 cm³/mol. The third-order valence-corrected chi connectivity index (χ3v) is 5.12. The highest BCUT2D eigenvalue weighted by atomic mass is 32.1. The van der Waals surface area contributed by atoms with Gasteiger partial charge in [-0.3, -0.25) is 4.79 Å². The molecule has 1 fully saturated rings. The van der Waals surface area contributed by atoms with Crippen LogP contribution in [0.1, 0.15) is 25.7 Å². The van der Waals surface area contributed by atoms with E-state index < -0.39 is 0 Å². The number of ether oxygens (including phenoxy) is 1. The number of aromatic nitrogens is 1. The quantitative estimate of drug-likeness (QED) is 0.868. The standard InChI is InChI=1S/C16H19FN2O2S/c1-21-9-8-19-13-7-6-12(17)10-14(13)22-16(19)18-15(20)11-4-2-3-5-11/h6-7,10-11H,2-5,8-9H2,1H3. The highest BCUT2D eigenvalue weighted by Crippen LogP contribution is 2.26. The minimum absolute atomic E-state index is 0.0457. The molecular formula is C16H19FN2O2S. The zero-order valence-electron chi connectivity index (χ0n) is 12.5. The van der Waals surface area contributed by atoms with Crippen molar-refractivity contribution >= 4 is 27.5 Å². The number of amides is 1. The Morgan fingerprint density at radius 2 is 2.23 bits per heavy atom. The normalized spacial score (nSPS) is 16.7. The van der Waals surface area contributed by atoms with Crippen molar-refractivity contribution in [2.75, 3.05) is 13.7 Å². The van der Waals surface area contributed by atoms with Crippen molar-refractivity contribution in [1.82, 2.24) is 4.57 Å². The van der Waals surface area contributed by atoms with Gasteiger partial charge in [-0.2, -0.15) is 4.99 Å². The number of halogens is 1. The third-order valence-electron chi connectivity index (χ3n) is 4.07. The summed E-state index contributed by atoms with van der Waals surface area (Å²) in [6, 6.07) is 4.65. The molecule has 0 saturated heterocycles. The molecule has 118 valence electrons. The predicted octanol–water partition coefficient (Wildman–Crippen LogP) is 3.11. The van der Waals surface area contributed by atoms with Gasteiger partial charge in [-0.05, 0) is 31.0 Å². The van der Waals surface area contributed by atoms with Gasteiger partial charge in [-0.15, -0.1) is 0 Å². The van der Waals surface area contributed by atoms with E-state index in [1.165, 1.54) is 23.5 Å². The van der Waals surface area contributed by atoms with Crippen molar-refractivity contribution in [3.05, 3.63) is 28.8 Å². The Morgan fingerprint density at radius 1 is 1.45 bits per heavy atom.